The van der Waals surface area contributed by atoms with Crippen molar-refractivity contribution < 1.29 is 18.9 Å². The Bertz CT molecular complexity index is 704. The van der Waals surface area contributed by atoms with Gasteiger partial charge in [0.1, 0.15) is 0 Å². The summed E-state index contributed by atoms with van der Waals surface area (Å²) in [6.07, 6.45) is 22.9. The van der Waals surface area contributed by atoms with Crippen LogP contribution in [0.1, 0.15) is 186 Å². The first-order valence-corrected chi connectivity index (χ1v) is 21.0. The van der Waals surface area contributed by atoms with Gasteiger partial charge in [-0.15, -0.1) is 0 Å². The normalized spacial score (nSPS) is 32.4. The minimum atomic E-state index is -0.238. The van der Waals surface area contributed by atoms with Gasteiger partial charge in [0, 0.05) is 5.41 Å². The van der Waals surface area contributed by atoms with Gasteiger partial charge in [0.25, 0.3) is 0 Å². The van der Waals surface area contributed by atoms with Gasteiger partial charge in [0.15, 0.2) is 12.6 Å². The molecule has 6 rings (SSSR count). The lowest BCUT2D eigenvalue weighted by molar-refractivity contribution is -0.328. The molecule has 0 aromatic carbocycles. The number of likely N-dealkylation sites (N-methyl/N-ethyl adjacent to an activating group) is 1. The molecule has 0 aromatic rings. The lowest BCUT2D eigenvalue weighted by atomic mass is 9.82. The third-order valence-electron chi connectivity index (χ3n) is 11.6. The van der Waals surface area contributed by atoms with Crippen LogP contribution in [-0.4, -0.2) is 51.6 Å². The Labute approximate surface area is 301 Å². The van der Waals surface area contributed by atoms with Crippen LogP contribution in [0.15, 0.2) is 0 Å². The van der Waals surface area contributed by atoms with E-state index in [0.717, 1.165) is 12.3 Å². The summed E-state index contributed by atoms with van der Waals surface area (Å²) in [5.41, 5.74) is -0.333. The summed E-state index contributed by atoms with van der Waals surface area (Å²) in [5.74, 6) is 5.89. The van der Waals surface area contributed by atoms with Crippen molar-refractivity contribution in [2.75, 3.05) is 33.5 Å². The molecule has 5 nitrogen and oxygen atoms in total. The van der Waals surface area contributed by atoms with E-state index < -0.39 is 0 Å². The molecule has 0 amide bonds. The highest BCUT2D eigenvalue weighted by Crippen LogP contribution is 2.58. The predicted molar refractivity (Wildman–Crippen MR) is 207 cm³/mol. The Kier molecular flexibility index (Phi) is 23.0. The Morgan fingerprint density at radius 1 is 0.562 bits per heavy atom. The van der Waals surface area contributed by atoms with E-state index in [9.17, 15) is 0 Å². The molecule has 2 saturated heterocycles. The second-order valence-electron chi connectivity index (χ2n) is 17.3. The zero-order valence-corrected chi connectivity index (χ0v) is 34.8. The number of hydrogen-bond acceptors (Lipinski definition) is 5. The quantitative estimate of drug-likeness (QED) is 0.313. The molecular formula is C43H87NO4. The topological polar surface area (TPSA) is 49.0 Å². The van der Waals surface area contributed by atoms with Crippen molar-refractivity contribution in [2.24, 2.45) is 40.4 Å². The van der Waals surface area contributed by atoms with Crippen LogP contribution in [0.4, 0.5) is 0 Å². The molecule has 5 heteroatoms. The molecule has 0 aromatic heterocycles. The van der Waals surface area contributed by atoms with Gasteiger partial charge in [-0.05, 0) is 89.0 Å². The summed E-state index contributed by atoms with van der Waals surface area (Å²) in [7, 11) is 1.92. The maximum atomic E-state index is 5.98. The highest BCUT2D eigenvalue weighted by atomic mass is 16.7. The smallest absolute Gasteiger partial charge is 0.175 e. The molecule has 2 aliphatic heterocycles. The van der Waals surface area contributed by atoms with Crippen LogP contribution in [0.5, 0.6) is 0 Å². The van der Waals surface area contributed by atoms with Crippen molar-refractivity contribution in [3.8, 4) is 0 Å². The van der Waals surface area contributed by atoms with Gasteiger partial charge in [0.2, 0.25) is 0 Å². The second-order valence-corrected chi connectivity index (χ2v) is 17.3. The Morgan fingerprint density at radius 3 is 1.33 bits per heavy atom. The summed E-state index contributed by atoms with van der Waals surface area (Å²) < 4.78 is 23.8. The van der Waals surface area contributed by atoms with Crippen molar-refractivity contribution in [1.82, 2.24) is 5.32 Å². The highest BCUT2D eigenvalue weighted by molar-refractivity contribution is 4.99. The molecule has 4 unspecified atom stereocenters. The van der Waals surface area contributed by atoms with E-state index in [4.69, 9.17) is 18.9 Å². The average molecular weight is 682 g/mol. The molecule has 288 valence electrons. The summed E-state index contributed by atoms with van der Waals surface area (Å²) in [4.78, 5) is 0. The van der Waals surface area contributed by atoms with Gasteiger partial charge in [0.05, 0.1) is 37.4 Å². The van der Waals surface area contributed by atoms with Crippen LogP contribution >= 0.6 is 0 Å². The average Bonchev–Trinajstić information content (AvgIpc) is 3.85. The van der Waals surface area contributed by atoms with Crippen molar-refractivity contribution in [3.63, 3.8) is 0 Å². The Hall–Kier alpha value is -0.200. The van der Waals surface area contributed by atoms with Crippen molar-refractivity contribution in [3.05, 3.63) is 0 Å². The summed E-state index contributed by atoms with van der Waals surface area (Å²) in [6.45, 7) is 28.2. The summed E-state index contributed by atoms with van der Waals surface area (Å²) in [6, 6.07) is 0. The summed E-state index contributed by atoms with van der Waals surface area (Å²) in [5, 5.41) is 3.22. The number of rotatable bonds is 5. The molecule has 0 radical (unpaired) electrons. The van der Waals surface area contributed by atoms with Gasteiger partial charge in [-0.2, -0.15) is 0 Å². The summed E-state index contributed by atoms with van der Waals surface area (Å²) >= 11 is 0. The molecule has 6 aliphatic rings. The first-order valence-electron chi connectivity index (χ1n) is 21.0. The van der Waals surface area contributed by atoms with Crippen molar-refractivity contribution in [1.29, 1.82) is 0 Å². The van der Waals surface area contributed by atoms with E-state index in [1.807, 2.05) is 7.05 Å². The van der Waals surface area contributed by atoms with Gasteiger partial charge in [-0.3, -0.25) is 0 Å². The van der Waals surface area contributed by atoms with Crippen LogP contribution < -0.4 is 5.32 Å². The molecule has 6 fully saturated rings. The van der Waals surface area contributed by atoms with Crippen molar-refractivity contribution >= 4 is 0 Å². The lowest BCUT2D eigenvalue weighted by Gasteiger charge is -2.48. The largest absolute Gasteiger partial charge is 0.351 e. The number of fused-ring (bicyclic) bond motifs is 5. The first-order chi connectivity index (χ1) is 22.9. The van der Waals surface area contributed by atoms with Gasteiger partial charge in [-0.25, -0.2) is 0 Å². The number of nitrogens with one attached hydrogen (secondary N) is 1. The minimum absolute atomic E-state index is 0.0364. The van der Waals surface area contributed by atoms with E-state index in [0.29, 0.717) is 26.4 Å². The standard InChI is InChI=1S/C16H31NO4.C10H16.C8H16.3C3H8/c1-7-14(2,3)12-18-8-16(9-19-12)10-20-13(21-11-16)15(4,5)17-6;1-2-9-7-4-5-8(6-7)10(9)3-1;1-2-8-6-4-3-5-7-8;3*1-3-2/h12-13,17H,7-11H2,1-6H3;7-10H,1-6H2;8H,2-7H2,1H3;3*3H2,1-2H3. The van der Waals surface area contributed by atoms with Gasteiger partial charge >= 0.3 is 0 Å². The molecular weight excluding hydrogens is 594 g/mol. The zero-order valence-electron chi connectivity index (χ0n) is 34.8. The van der Waals surface area contributed by atoms with E-state index in [2.05, 4.69) is 88.4 Å². The fourth-order valence-electron chi connectivity index (χ4n) is 8.12. The van der Waals surface area contributed by atoms with Crippen LogP contribution in [0, 0.1) is 40.4 Å². The Morgan fingerprint density at radius 2 is 0.979 bits per heavy atom. The minimum Gasteiger partial charge on any atom is -0.351 e. The van der Waals surface area contributed by atoms with Crippen molar-refractivity contribution in [2.45, 2.75) is 204 Å². The molecule has 48 heavy (non-hydrogen) atoms. The number of hydrogen-bond donors (Lipinski definition) is 1. The first kappa shape index (κ1) is 45.8. The molecule has 1 spiro atoms. The molecule has 2 heterocycles. The van der Waals surface area contributed by atoms with Crippen LogP contribution in [0.2, 0.25) is 0 Å². The van der Waals surface area contributed by atoms with Crippen LogP contribution in [0.3, 0.4) is 0 Å². The fraction of sp³-hybridized carbons (Fsp3) is 1.00. The van der Waals surface area contributed by atoms with Crippen LogP contribution in [0.25, 0.3) is 0 Å². The maximum Gasteiger partial charge on any atom is 0.175 e. The SMILES string of the molecule is C1CC2C3CCC(C3)C2C1.CCC.CCC.CCC.CCC(C)(C)C1OCC2(CO1)COC(C(C)(C)NC)OC2.CCC1CCCCC1. The number of ether oxygens (including phenoxy) is 4. The predicted octanol–water partition coefficient (Wildman–Crippen LogP) is 12.2. The van der Waals surface area contributed by atoms with E-state index >= 15 is 0 Å². The van der Waals surface area contributed by atoms with Gasteiger partial charge in [-0.1, -0.05) is 133 Å². The third-order valence-corrected chi connectivity index (χ3v) is 11.6. The van der Waals surface area contributed by atoms with E-state index in [-0.39, 0.29) is 28.9 Å². The lowest BCUT2D eigenvalue weighted by Crippen LogP contribution is -2.59. The molecule has 2 bridgehead atoms. The molecule has 4 aliphatic carbocycles. The Balaban J connectivity index is 0.000000351. The second kappa shape index (κ2) is 24.1. The fourth-order valence-corrected chi connectivity index (χ4v) is 8.12. The molecule has 4 atom stereocenters. The third kappa shape index (κ3) is 14.8. The monoisotopic (exact) mass is 682 g/mol. The molecule has 1 N–H and O–H groups in total. The zero-order chi connectivity index (χ0) is 36.2. The van der Waals surface area contributed by atoms with Gasteiger partial charge < -0.3 is 24.3 Å². The highest BCUT2D eigenvalue weighted by Gasteiger charge is 2.49. The van der Waals surface area contributed by atoms with E-state index in [1.165, 1.54) is 81.5 Å². The molecule has 4 saturated carbocycles. The maximum absolute atomic E-state index is 5.98. The van der Waals surface area contributed by atoms with Crippen LogP contribution in [-0.2, 0) is 18.9 Å². The van der Waals surface area contributed by atoms with E-state index in [1.54, 1.807) is 38.5 Å².